The van der Waals surface area contributed by atoms with E-state index in [1.54, 1.807) is 5.56 Å². The van der Waals surface area contributed by atoms with E-state index in [9.17, 15) is 0 Å². The molecule has 2 aliphatic carbocycles. The maximum absolute atomic E-state index is 3.81. The molecular formula is C20H31N. The smallest absolute Gasteiger partial charge is 0.0104 e. The molecule has 3 unspecified atom stereocenters. The van der Waals surface area contributed by atoms with Gasteiger partial charge in [-0.25, -0.2) is 0 Å². The highest BCUT2D eigenvalue weighted by atomic mass is 14.9. The second-order valence-electron chi connectivity index (χ2n) is 7.17. The van der Waals surface area contributed by atoms with Crippen molar-refractivity contribution < 1.29 is 0 Å². The molecule has 0 aromatic heterocycles. The molecule has 0 amide bonds. The minimum absolute atomic E-state index is 0.753. The predicted molar refractivity (Wildman–Crippen MR) is 90.6 cm³/mol. The molecular weight excluding hydrogens is 254 g/mol. The largest absolute Gasteiger partial charge is 0.314 e. The Morgan fingerprint density at radius 2 is 1.76 bits per heavy atom. The lowest BCUT2D eigenvalue weighted by molar-refractivity contribution is 0.330. The summed E-state index contributed by atoms with van der Waals surface area (Å²) in [7, 11) is 0. The van der Waals surface area contributed by atoms with Crippen LogP contribution in [0.2, 0.25) is 0 Å². The SMILES string of the molecule is CCNC(CC1CCCCCC1)C1CC1c1ccccc1. The molecule has 1 N–H and O–H groups in total. The van der Waals surface area contributed by atoms with Crippen LogP contribution in [0.4, 0.5) is 0 Å². The fraction of sp³-hybridized carbons (Fsp3) is 0.700. The number of hydrogen-bond acceptors (Lipinski definition) is 1. The lowest BCUT2D eigenvalue weighted by atomic mass is 9.89. The summed E-state index contributed by atoms with van der Waals surface area (Å²) >= 11 is 0. The van der Waals surface area contributed by atoms with Crippen LogP contribution in [0, 0.1) is 11.8 Å². The number of nitrogens with one attached hydrogen (secondary N) is 1. The molecule has 1 nitrogen and oxygen atoms in total. The van der Waals surface area contributed by atoms with Gasteiger partial charge < -0.3 is 5.32 Å². The maximum atomic E-state index is 3.81. The molecule has 0 aliphatic heterocycles. The highest BCUT2D eigenvalue weighted by Gasteiger charge is 2.43. The normalized spacial score (nSPS) is 28.0. The number of benzene rings is 1. The highest BCUT2D eigenvalue weighted by Crippen LogP contribution is 2.51. The summed E-state index contributed by atoms with van der Waals surface area (Å²) < 4.78 is 0. The van der Waals surface area contributed by atoms with Crippen molar-refractivity contribution in [1.29, 1.82) is 0 Å². The van der Waals surface area contributed by atoms with E-state index in [1.807, 2.05) is 0 Å². The predicted octanol–water partition coefficient (Wildman–Crippen LogP) is 5.13. The monoisotopic (exact) mass is 285 g/mol. The third-order valence-electron chi connectivity index (χ3n) is 5.61. The zero-order valence-corrected chi connectivity index (χ0v) is 13.6. The first-order chi connectivity index (χ1) is 10.4. The van der Waals surface area contributed by atoms with E-state index in [4.69, 9.17) is 0 Å². The number of hydrogen-bond donors (Lipinski definition) is 1. The van der Waals surface area contributed by atoms with E-state index in [-0.39, 0.29) is 0 Å². The van der Waals surface area contributed by atoms with Crippen LogP contribution in [0.15, 0.2) is 30.3 Å². The third-order valence-corrected chi connectivity index (χ3v) is 5.61. The van der Waals surface area contributed by atoms with Crippen LogP contribution in [0.5, 0.6) is 0 Å². The minimum Gasteiger partial charge on any atom is -0.314 e. The quantitative estimate of drug-likeness (QED) is 0.715. The van der Waals surface area contributed by atoms with Gasteiger partial charge in [0.25, 0.3) is 0 Å². The third kappa shape index (κ3) is 4.10. The van der Waals surface area contributed by atoms with Crippen molar-refractivity contribution in [3.05, 3.63) is 35.9 Å². The molecule has 0 radical (unpaired) electrons. The van der Waals surface area contributed by atoms with Gasteiger partial charge in [-0.2, -0.15) is 0 Å². The zero-order chi connectivity index (χ0) is 14.5. The molecule has 0 bridgehead atoms. The van der Waals surface area contributed by atoms with E-state index in [2.05, 4.69) is 42.6 Å². The molecule has 1 heteroatoms. The van der Waals surface area contributed by atoms with Crippen molar-refractivity contribution in [1.82, 2.24) is 5.32 Å². The van der Waals surface area contributed by atoms with E-state index in [1.165, 1.54) is 51.4 Å². The first-order valence-electron chi connectivity index (χ1n) is 9.16. The lowest BCUT2D eigenvalue weighted by Crippen LogP contribution is -2.33. The van der Waals surface area contributed by atoms with Crippen LogP contribution in [-0.4, -0.2) is 12.6 Å². The fourth-order valence-corrected chi connectivity index (χ4v) is 4.37. The molecule has 0 heterocycles. The van der Waals surface area contributed by atoms with Crippen LogP contribution in [0.3, 0.4) is 0 Å². The van der Waals surface area contributed by atoms with E-state index >= 15 is 0 Å². The summed E-state index contributed by atoms with van der Waals surface area (Å²) in [5.41, 5.74) is 1.56. The Bertz CT molecular complexity index is 405. The number of rotatable bonds is 6. The van der Waals surface area contributed by atoms with Gasteiger partial charge in [-0.1, -0.05) is 75.8 Å². The van der Waals surface area contributed by atoms with E-state index < -0.39 is 0 Å². The Balaban J connectivity index is 1.57. The fourth-order valence-electron chi connectivity index (χ4n) is 4.37. The average Bonchev–Trinajstić information content (AvgIpc) is 3.32. The van der Waals surface area contributed by atoms with Gasteiger partial charge in [0.2, 0.25) is 0 Å². The summed E-state index contributed by atoms with van der Waals surface area (Å²) in [6.45, 7) is 3.38. The summed E-state index contributed by atoms with van der Waals surface area (Å²) in [4.78, 5) is 0. The van der Waals surface area contributed by atoms with E-state index in [0.717, 1.165) is 30.3 Å². The zero-order valence-electron chi connectivity index (χ0n) is 13.6. The Morgan fingerprint density at radius 3 is 2.43 bits per heavy atom. The van der Waals surface area contributed by atoms with Gasteiger partial charge in [0.1, 0.15) is 0 Å². The minimum atomic E-state index is 0.753. The Labute approximate surface area is 130 Å². The topological polar surface area (TPSA) is 12.0 Å². The molecule has 1 aromatic carbocycles. The first-order valence-corrected chi connectivity index (χ1v) is 9.16. The van der Waals surface area contributed by atoms with Crippen molar-refractivity contribution in [2.45, 2.75) is 70.3 Å². The lowest BCUT2D eigenvalue weighted by Gasteiger charge is -2.24. The second-order valence-corrected chi connectivity index (χ2v) is 7.17. The Morgan fingerprint density at radius 1 is 1.05 bits per heavy atom. The Kier molecular flexibility index (Phi) is 5.35. The van der Waals surface area contributed by atoms with Crippen molar-refractivity contribution >= 4 is 0 Å². The van der Waals surface area contributed by atoms with Crippen molar-refractivity contribution in [2.24, 2.45) is 11.8 Å². The van der Waals surface area contributed by atoms with Gasteiger partial charge >= 0.3 is 0 Å². The molecule has 2 saturated carbocycles. The molecule has 2 aliphatic rings. The first kappa shape index (κ1) is 15.1. The molecule has 0 spiro atoms. The van der Waals surface area contributed by atoms with Crippen LogP contribution in [-0.2, 0) is 0 Å². The molecule has 116 valence electrons. The van der Waals surface area contributed by atoms with Gasteiger partial charge in [-0.05, 0) is 42.7 Å². The van der Waals surface area contributed by atoms with Crippen LogP contribution in [0.1, 0.15) is 69.8 Å². The van der Waals surface area contributed by atoms with Gasteiger partial charge in [0.15, 0.2) is 0 Å². The summed E-state index contributed by atoms with van der Waals surface area (Å²) in [6, 6.07) is 11.9. The van der Waals surface area contributed by atoms with Gasteiger partial charge in [0, 0.05) is 6.04 Å². The van der Waals surface area contributed by atoms with Gasteiger partial charge in [-0.15, -0.1) is 0 Å². The molecule has 21 heavy (non-hydrogen) atoms. The van der Waals surface area contributed by atoms with Crippen LogP contribution in [0.25, 0.3) is 0 Å². The average molecular weight is 285 g/mol. The highest BCUT2D eigenvalue weighted by molar-refractivity contribution is 5.26. The van der Waals surface area contributed by atoms with Crippen molar-refractivity contribution in [3.8, 4) is 0 Å². The van der Waals surface area contributed by atoms with Gasteiger partial charge in [0.05, 0.1) is 0 Å². The van der Waals surface area contributed by atoms with Gasteiger partial charge in [-0.3, -0.25) is 0 Å². The standard InChI is InChI=1S/C20H31N/c1-2-21-20(14-16-10-6-3-4-7-11-16)19-15-18(19)17-12-8-5-9-13-17/h5,8-9,12-13,16,18-21H,2-4,6-7,10-11,14-15H2,1H3. The molecule has 2 fully saturated rings. The molecule has 3 atom stereocenters. The molecule has 1 aromatic rings. The summed E-state index contributed by atoms with van der Waals surface area (Å²) in [5, 5.41) is 3.81. The Hall–Kier alpha value is -0.820. The van der Waals surface area contributed by atoms with E-state index in [0.29, 0.717) is 0 Å². The van der Waals surface area contributed by atoms with Crippen molar-refractivity contribution in [2.75, 3.05) is 6.54 Å². The van der Waals surface area contributed by atoms with Crippen molar-refractivity contribution in [3.63, 3.8) is 0 Å². The van der Waals surface area contributed by atoms with Crippen LogP contribution < -0.4 is 5.32 Å². The summed E-state index contributed by atoms with van der Waals surface area (Å²) in [6.07, 6.45) is 11.6. The second kappa shape index (κ2) is 7.45. The summed E-state index contributed by atoms with van der Waals surface area (Å²) in [5.74, 6) is 2.69. The molecule has 0 saturated heterocycles. The maximum Gasteiger partial charge on any atom is 0.0104 e. The molecule has 3 rings (SSSR count). The van der Waals surface area contributed by atoms with Crippen LogP contribution >= 0.6 is 0 Å².